The summed E-state index contributed by atoms with van der Waals surface area (Å²) in [5, 5.41) is 0. The molecule has 2 saturated heterocycles. The Kier molecular flexibility index (Phi) is 6.74. The fraction of sp³-hybridized carbons (Fsp3) is 0.500. The van der Waals surface area contributed by atoms with Gasteiger partial charge in [0.15, 0.2) is 0 Å². The van der Waals surface area contributed by atoms with E-state index in [0.29, 0.717) is 38.6 Å². The Balaban J connectivity index is 0.000000160. The highest BCUT2D eigenvalue weighted by molar-refractivity contribution is 5.45. The van der Waals surface area contributed by atoms with Crippen LogP contribution < -0.4 is 0 Å². The van der Waals surface area contributed by atoms with Crippen molar-refractivity contribution in [3.8, 4) is 0 Å². The summed E-state index contributed by atoms with van der Waals surface area (Å²) < 4.78 is 20.5. The molecule has 4 nitrogen and oxygen atoms in total. The molecule has 110 valence electrons. The summed E-state index contributed by atoms with van der Waals surface area (Å²) in [5.41, 5.74) is 1.17. The third-order valence-corrected chi connectivity index (χ3v) is 2.82. The molecular weight excluding hydrogens is 256 g/mol. The summed E-state index contributed by atoms with van der Waals surface area (Å²) in [7, 11) is 0. The summed E-state index contributed by atoms with van der Waals surface area (Å²) in [4.78, 5) is 0. The fourth-order valence-electron chi connectivity index (χ4n) is 1.47. The molecule has 0 saturated carbocycles. The molecule has 2 aliphatic heterocycles. The third-order valence-electron chi connectivity index (χ3n) is 2.82. The van der Waals surface area contributed by atoms with Gasteiger partial charge in [-0.3, -0.25) is 0 Å². The maximum absolute atomic E-state index is 5.27. The maximum Gasteiger partial charge on any atom is 0.104 e. The molecule has 2 fully saturated rings. The minimum Gasteiger partial charge on any atom is -0.376 e. The maximum atomic E-state index is 5.27. The highest BCUT2D eigenvalue weighted by Gasteiger charge is 2.23. The molecule has 0 aromatic heterocycles. The zero-order valence-electron chi connectivity index (χ0n) is 11.7. The van der Waals surface area contributed by atoms with E-state index in [1.807, 2.05) is 36.4 Å². The summed E-state index contributed by atoms with van der Waals surface area (Å²) >= 11 is 0. The van der Waals surface area contributed by atoms with E-state index < -0.39 is 0 Å². The van der Waals surface area contributed by atoms with Crippen LogP contribution in [0.3, 0.4) is 0 Å². The second-order valence-electron chi connectivity index (χ2n) is 4.68. The van der Waals surface area contributed by atoms with Gasteiger partial charge in [-0.15, -0.1) is 0 Å². The number of hydrogen-bond donors (Lipinski definition) is 0. The molecule has 0 spiro atoms. The predicted molar refractivity (Wildman–Crippen MR) is 77.7 cm³/mol. The topological polar surface area (TPSA) is 43.5 Å². The molecule has 2 heterocycles. The molecule has 2 unspecified atom stereocenters. The Morgan fingerprint density at radius 2 is 1.50 bits per heavy atom. The van der Waals surface area contributed by atoms with Gasteiger partial charge in [0.1, 0.15) is 12.2 Å². The largest absolute Gasteiger partial charge is 0.376 e. The lowest BCUT2D eigenvalue weighted by Gasteiger charge is -2.02. The van der Waals surface area contributed by atoms with Crippen molar-refractivity contribution in [1.29, 1.82) is 0 Å². The van der Waals surface area contributed by atoms with Crippen LogP contribution in [0.2, 0.25) is 0 Å². The van der Waals surface area contributed by atoms with Gasteiger partial charge >= 0.3 is 0 Å². The van der Waals surface area contributed by atoms with E-state index in [4.69, 9.17) is 18.9 Å². The van der Waals surface area contributed by atoms with Crippen LogP contribution >= 0.6 is 0 Å². The van der Waals surface area contributed by atoms with Crippen LogP contribution in [0.1, 0.15) is 5.56 Å². The zero-order valence-corrected chi connectivity index (χ0v) is 11.7. The van der Waals surface area contributed by atoms with E-state index in [-0.39, 0.29) is 0 Å². The Labute approximate surface area is 120 Å². The normalized spacial score (nSPS) is 22.6. The molecule has 0 aliphatic carbocycles. The molecule has 2 aliphatic rings. The fourth-order valence-corrected chi connectivity index (χ4v) is 1.47. The first-order valence-electron chi connectivity index (χ1n) is 6.94. The monoisotopic (exact) mass is 278 g/mol. The summed E-state index contributed by atoms with van der Waals surface area (Å²) in [5.74, 6) is 0. The van der Waals surface area contributed by atoms with E-state index in [2.05, 4.69) is 6.58 Å². The van der Waals surface area contributed by atoms with Crippen molar-refractivity contribution >= 4 is 6.08 Å². The van der Waals surface area contributed by atoms with Gasteiger partial charge in [0, 0.05) is 0 Å². The molecule has 4 heteroatoms. The highest BCUT2D eigenvalue weighted by atomic mass is 16.6. The first-order chi connectivity index (χ1) is 9.88. The molecule has 0 radical (unpaired) electrons. The van der Waals surface area contributed by atoms with Gasteiger partial charge in [0.25, 0.3) is 0 Å². The molecule has 0 amide bonds. The molecule has 20 heavy (non-hydrogen) atoms. The lowest BCUT2D eigenvalue weighted by Crippen LogP contribution is -2.10. The van der Waals surface area contributed by atoms with Crippen LogP contribution in [0, 0.1) is 0 Å². The van der Waals surface area contributed by atoms with Gasteiger partial charge in [0.2, 0.25) is 0 Å². The van der Waals surface area contributed by atoms with E-state index in [1.165, 1.54) is 5.56 Å². The van der Waals surface area contributed by atoms with Crippen LogP contribution in [0.25, 0.3) is 6.08 Å². The van der Waals surface area contributed by atoms with Gasteiger partial charge in [-0.1, -0.05) is 43.0 Å². The van der Waals surface area contributed by atoms with Crippen molar-refractivity contribution in [2.45, 2.75) is 12.2 Å². The smallest absolute Gasteiger partial charge is 0.104 e. The highest BCUT2D eigenvalue weighted by Crippen LogP contribution is 2.09. The Bertz CT molecular complexity index is 355. The Hall–Kier alpha value is -1.20. The first-order valence-corrected chi connectivity index (χ1v) is 6.94. The van der Waals surface area contributed by atoms with Crippen molar-refractivity contribution in [2.24, 2.45) is 0 Å². The van der Waals surface area contributed by atoms with Crippen molar-refractivity contribution in [1.82, 2.24) is 0 Å². The second kappa shape index (κ2) is 8.87. The first kappa shape index (κ1) is 15.2. The van der Waals surface area contributed by atoms with Gasteiger partial charge in [0.05, 0.1) is 39.6 Å². The number of rotatable bonds is 8. The van der Waals surface area contributed by atoms with Gasteiger partial charge in [-0.2, -0.15) is 0 Å². The minimum atomic E-state index is 0.358. The standard InChI is InChI=1S/C8H14O4.C8H8/c1(9-3-7-5-11-7)2-10-4-8-6-12-8;1-2-8-6-4-3-5-7-8/h7-8H,1-6H2;2-7H,1H2. The van der Waals surface area contributed by atoms with Crippen molar-refractivity contribution < 1.29 is 18.9 Å². The lowest BCUT2D eigenvalue weighted by molar-refractivity contribution is 0.0366. The molecule has 0 bridgehead atoms. The molecule has 0 N–H and O–H groups in total. The van der Waals surface area contributed by atoms with Crippen LogP contribution in [0.15, 0.2) is 36.9 Å². The second-order valence-corrected chi connectivity index (χ2v) is 4.68. The zero-order chi connectivity index (χ0) is 14.0. The number of benzene rings is 1. The Morgan fingerprint density at radius 1 is 1.00 bits per heavy atom. The molecule has 1 aromatic carbocycles. The molecule has 1 aromatic rings. The van der Waals surface area contributed by atoms with E-state index >= 15 is 0 Å². The average Bonchev–Trinajstić information content (AvgIpc) is 3.38. The Morgan fingerprint density at radius 3 is 1.85 bits per heavy atom. The summed E-state index contributed by atoms with van der Waals surface area (Å²) in [6.07, 6.45) is 2.55. The van der Waals surface area contributed by atoms with Crippen molar-refractivity contribution in [3.05, 3.63) is 42.5 Å². The molecular formula is C16H22O4. The van der Waals surface area contributed by atoms with Crippen molar-refractivity contribution in [2.75, 3.05) is 39.6 Å². The van der Waals surface area contributed by atoms with E-state index in [1.54, 1.807) is 0 Å². The van der Waals surface area contributed by atoms with Gasteiger partial charge in [-0.05, 0) is 5.56 Å². The minimum absolute atomic E-state index is 0.358. The van der Waals surface area contributed by atoms with Crippen LogP contribution in [-0.2, 0) is 18.9 Å². The van der Waals surface area contributed by atoms with Crippen LogP contribution in [-0.4, -0.2) is 51.8 Å². The lowest BCUT2D eigenvalue weighted by atomic mass is 10.2. The average molecular weight is 278 g/mol. The number of ether oxygens (including phenoxy) is 4. The van der Waals surface area contributed by atoms with E-state index in [9.17, 15) is 0 Å². The SMILES string of the molecule is C(COCC1CO1)OCC1CO1.C=Cc1ccccc1. The predicted octanol–water partition coefficient (Wildman–Crippen LogP) is 2.15. The van der Waals surface area contributed by atoms with Gasteiger partial charge < -0.3 is 18.9 Å². The number of hydrogen-bond acceptors (Lipinski definition) is 4. The summed E-state index contributed by atoms with van der Waals surface area (Å²) in [6.45, 7) is 8.09. The number of epoxide rings is 2. The van der Waals surface area contributed by atoms with Gasteiger partial charge in [-0.25, -0.2) is 0 Å². The van der Waals surface area contributed by atoms with Crippen molar-refractivity contribution in [3.63, 3.8) is 0 Å². The molecule has 2 atom stereocenters. The van der Waals surface area contributed by atoms with Crippen LogP contribution in [0.5, 0.6) is 0 Å². The quantitative estimate of drug-likeness (QED) is 0.540. The summed E-state index contributed by atoms with van der Waals surface area (Å²) in [6, 6.07) is 10.0. The van der Waals surface area contributed by atoms with Crippen LogP contribution in [0.4, 0.5) is 0 Å². The third kappa shape index (κ3) is 7.40. The van der Waals surface area contributed by atoms with E-state index in [0.717, 1.165) is 13.2 Å². The molecule has 3 rings (SSSR count).